The van der Waals surface area contributed by atoms with E-state index in [0.717, 1.165) is 22.8 Å². The van der Waals surface area contributed by atoms with Crippen LogP contribution in [-0.4, -0.2) is 29.9 Å². The van der Waals surface area contributed by atoms with Crippen LogP contribution in [0.4, 0.5) is 5.69 Å². The van der Waals surface area contributed by atoms with Crippen molar-refractivity contribution in [2.75, 3.05) is 12.3 Å². The van der Waals surface area contributed by atoms with Crippen LogP contribution >= 0.6 is 11.8 Å². The lowest BCUT2D eigenvalue weighted by atomic mass is 10.1. The molecule has 8 heteroatoms. The minimum Gasteiger partial charge on any atom is -0.258 e. The van der Waals surface area contributed by atoms with E-state index >= 15 is 0 Å². The van der Waals surface area contributed by atoms with E-state index < -0.39 is 20.3 Å². The van der Waals surface area contributed by atoms with Crippen molar-refractivity contribution >= 4 is 38.2 Å². The van der Waals surface area contributed by atoms with E-state index in [1.54, 1.807) is 18.2 Å². The summed E-state index contributed by atoms with van der Waals surface area (Å²) in [5, 5.41) is 12.8. The molecule has 148 valence electrons. The van der Waals surface area contributed by atoms with Gasteiger partial charge < -0.3 is 0 Å². The van der Waals surface area contributed by atoms with E-state index in [4.69, 9.17) is 0 Å². The molecule has 5 rings (SSSR count). The molecule has 0 aromatic heterocycles. The molecule has 2 aliphatic rings. The molecule has 1 fully saturated rings. The smallest absolute Gasteiger partial charge is 0.258 e. The third-order valence-electron chi connectivity index (χ3n) is 5.64. The number of hydrogen-bond acceptors (Lipinski definition) is 5. The highest BCUT2D eigenvalue weighted by Crippen LogP contribution is 2.44. The van der Waals surface area contributed by atoms with Crippen molar-refractivity contribution < 1.29 is 13.3 Å². The summed E-state index contributed by atoms with van der Waals surface area (Å²) in [6, 6.07) is 16.0. The average molecular weight is 427 g/mol. The molecule has 0 bridgehead atoms. The Bertz CT molecular complexity index is 1260. The summed E-state index contributed by atoms with van der Waals surface area (Å²) in [5.41, 5.74) is 2.71. The molecule has 1 aliphatic heterocycles. The van der Waals surface area contributed by atoms with Gasteiger partial charge in [-0.15, -0.1) is 11.8 Å². The second kappa shape index (κ2) is 6.83. The van der Waals surface area contributed by atoms with E-state index in [9.17, 15) is 18.5 Å². The van der Waals surface area contributed by atoms with Crippen molar-refractivity contribution in [3.63, 3.8) is 0 Å². The number of sulfonamides is 1. The number of benzene rings is 3. The molecule has 1 heterocycles. The Hall–Kier alpha value is -2.42. The number of nitro groups is 1. The minimum atomic E-state index is -3.73. The van der Waals surface area contributed by atoms with E-state index in [-0.39, 0.29) is 5.69 Å². The van der Waals surface area contributed by atoms with Crippen molar-refractivity contribution in [3.8, 4) is 0 Å². The fraction of sp³-hybridized carbons (Fsp3) is 0.238. The highest BCUT2D eigenvalue weighted by Gasteiger charge is 2.39. The van der Waals surface area contributed by atoms with Gasteiger partial charge in [0.25, 0.3) is 5.69 Å². The Labute approximate surface area is 172 Å². The molecule has 1 atom stereocenters. The predicted octanol–water partition coefficient (Wildman–Crippen LogP) is 4.28. The monoisotopic (exact) mass is 426 g/mol. The van der Waals surface area contributed by atoms with Crippen molar-refractivity contribution in [2.45, 2.75) is 23.1 Å². The number of nitrogens with zero attached hydrogens (tertiary/aromatic N) is 2. The lowest BCUT2D eigenvalue weighted by Gasteiger charge is -2.24. The molecule has 6 nitrogen and oxygen atoms in total. The topological polar surface area (TPSA) is 80.5 Å². The zero-order chi connectivity index (χ0) is 20.2. The third kappa shape index (κ3) is 2.94. The Morgan fingerprint density at radius 3 is 2.72 bits per heavy atom. The first kappa shape index (κ1) is 18.6. The van der Waals surface area contributed by atoms with E-state index in [1.165, 1.54) is 33.8 Å². The predicted molar refractivity (Wildman–Crippen MR) is 114 cm³/mol. The molecule has 1 saturated heterocycles. The van der Waals surface area contributed by atoms with Crippen LogP contribution in [0.3, 0.4) is 0 Å². The van der Waals surface area contributed by atoms with Gasteiger partial charge in [0.05, 0.1) is 15.2 Å². The first-order chi connectivity index (χ1) is 14.0. The lowest BCUT2D eigenvalue weighted by Crippen LogP contribution is -2.31. The Kier molecular flexibility index (Phi) is 4.38. The van der Waals surface area contributed by atoms with Crippen LogP contribution in [0, 0.1) is 10.1 Å². The van der Waals surface area contributed by atoms with Crippen LogP contribution in [-0.2, 0) is 22.9 Å². The average Bonchev–Trinajstić information content (AvgIpc) is 3.38. The van der Waals surface area contributed by atoms with Crippen LogP contribution in [0.25, 0.3) is 10.8 Å². The van der Waals surface area contributed by atoms with E-state index in [2.05, 4.69) is 6.07 Å². The zero-order valence-electron chi connectivity index (χ0n) is 15.4. The fourth-order valence-electron chi connectivity index (χ4n) is 4.36. The van der Waals surface area contributed by atoms with Crippen molar-refractivity contribution in [1.29, 1.82) is 0 Å². The van der Waals surface area contributed by atoms with Gasteiger partial charge >= 0.3 is 0 Å². The summed E-state index contributed by atoms with van der Waals surface area (Å²) < 4.78 is 28.8. The number of nitro benzene ring substituents is 1. The molecule has 3 aromatic carbocycles. The van der Waals surface area contributed by atoms with Crippen molar-refractivity contribution in [2.24, 2.45) is 0 Å². The number of thioether (sulfide) groups is 1. The molecule has 29 heavy (non-hydrogen) atoms. The molecular weight excluding hydrogens is 408 g/mol. The fourth-order valence-corrected chi connectivity index (χ4v) is 7.84. The normalized spacial score (nSPS) is 19.1. The Morgan fingerprint density at radius 2 is 1.90 bits per heavy atom. The Balaban J connectivity index is 1.60. The van der Waals surface area contributed by atoms with E-state index in [1.807, 2.05) is 18.2 Å². The largest absolute Gasteiger partial charge is 0.269 e. The zero-order valence-corrected chi connectivity index (χ0v) is 17.1. The minimum absolute atomic E-state index is 0.0266. The molecule has 0 amide bonds. The molecule has 0 unspecified atom stereocenters. The summed E-state index contributed by atoms with van der Waals surface area (Å²) in [5.74, 6) is 0.654. The summed E-state index contributed by atoms with van der Waals surface area (Å²) in [6.45, 7) is 0.388. The maximum absolute atomic E-state index is 13.7. The first-order valence-corrected chi connectivity index (χ1v) is 11.9. The summed E-state index contributed by atoms with van der Waals surface area (Å²) >= 11 is 1.50. The molecule has 0 radical (unpaired) electrons. The number of non-ortho nitro benzene ring substituents is 1. The highest BCUT2D eigenvalue weighted by molar-refractivity contribution is 8.01. The third-order valence-corrected chi connectivity index (χ3v) is 8.99. The number of aryl methyl sites for hydroxylation is 2. The van der Waals surface area contributed by atoms with Gasteiger partial charge in [-0.1, -0.05) is 36.4 Å². The number of hydrogen-bond donors (Lipinski definition) is 0. The lowest BCUT2D eigenvalue weighted by molar-refractivity contribution is -0.384. The SMILES string of the molecule is O=[N+]([O-])c1cccc([C@@H]2SCCN2S(=O)(=O)c2ccc3cccc4c3c2CC4)c1. The molecule has 3 aromatic rings. The maximum Gasteiger partial charge on any atom is 0.269 e. The quantitative estimate of drug-likeness (QED) is 0.459. The molecule has 0 N–H and O–H groups in total. The van der Waals surface area contributed by atoms with Crippen LogP contribution in [0.2, 0.25) is 0 Å². The highest BCUT2D eigenvalue weighted by atomic mass is 32.2. The van der Waals surface area contributed by atoms with E-state index in [0.29, 0.717) is 29.2 Å². The van der Waals surface area contributed by atoms with Crippen molar-refractivity contribution in [1.82, 2.24) is 4.31 Å². The molecule has 0 spiro atoms. The summed E-state index contributed by atoms with van der Waals surface area (Å²) in [4.78, 5) is 11.1. The second-order valence-electron chi connectivity index (χ2n) is 7.25. The van der Waals surface area contributed by atoms with Gasteiger partial charge in [0.1, 0.15) is 0 Å². The first-order valence-electron chi connectivity index (χ1n) is 9.38. The second-order valence-corrected chi connectivity index (χ2v) is 10.3. The van der Waals surface area contributed by atoms with Gasteiger partial charge in [-0.2, -0.15) is 4.31 Å². The van der Waals surface area contributed by atoms with Gasteiger partial charge in [-0.05, 0) is 46.4 Å². The summed E-state index contributed by atoms with van der Waals surface area (Å²) in [6.07, 6.45) is 1.57. The van der Waals surface area contributed by atoms with Gasteiger partial charge in [0, 0.05) is 24.4 Å². The van der Waals surface area contributed by atoms with Crippen LogP contribution in [0.15, 0.2) is 59.5 Å². The van der Waals surface area contributed by atoms with Gasteiger partial charge in [-0.3, -0.25) is 10.1 Å². The van der Waals surface area contributed by atoms with Gasteiger partial charge in [-0.25, -0.2) is 8.42 Å². The van der Waals surface area contributed by atoms with Gasteiger partial charge in [0.15, 0.2) is 0 Å². The maximum atomic E-state index is 13.7. The summed E-state index contributed by atoms with van der Waals surface area (Å²) in [7, 11) is -3.73. The standard InChI is InChI=1S/C21H18N2O4S2/c24-23(25)17-6-2-5-16(13-17)21-22(11-12-28-21)29(26,27)19-10-8-15-4-1-3-14-7-9-18(19)20(14)15/h1-6,8,10,13,21H,7,9,11-12H2/t21-/m0/s1. The van der Waals surface area contributed by atoms with Crippen LogP contribution < -0.4 is 0 Å². The number of rotatable bonds is 4. The van der Waals surface area contributed by atoms with Crippen LogP contribution in [0.5, 0.6) is 0 Å². The van der Waals surface area contributed by atoms with Gasteiger partial charge in [0.2, 0.25) is 10.0 Å². The molecule has 0 saturated carbocycles. The Morgan fingerprint density at radius 1 is 1.07 bits per heavy atom. The van der Waals surface area contributed by atoms with Crippen molar-refractivity contribution in [3.05, 3.63) is 81.4 Å². The molecular formula is C21H18N2O4S2. The molecule has 1 aliphatic carbocycles. The van der Waals surface area contributed by atoms with Crippen LogP contribution in [0.1, 0.15) is 22.1 Å².